The first-order valence-corrected chi connectivity index (χ1v) is 9.77. The number of ether oxygens (including phenoxy) is 5. The number of rotatable bonds is 6. The van der Waals surface area contributed by atoms with Gasteiger partial charge in [0.15, 0.2) is 11.5 Å². The van der Waals surface area contributed by atoms with Gasteiger partial charge in [0.2, 0.25) is 12.5 Å². The molecule has 9 nitrogen and oxygen atoms in total. The van der Waals surface area contributed by atoms with Crippen LogP contribution in [-0.2, 0) is 13.0 Å². The summed E-state index contributed by atoms with van der Waals surface area (Å²) in [4.78, 5) is 27.6. The van der Waals surface area contributed by atoms with Crippen molar-refractivity contribution in [2.75, 3.05) is 41.7 Å². The highest BCUT2D eigenvalue weighted by Crippen LogP contribution is 2.49. The van der Waals surface area contributed by atoms with Crippen LogP contribution < -0.4 is 29.0 Å². The SMILES string of the molecule is COc1cccc(OC)c1C(=O)NCc1c2c(c(OC)c3c1OCO3)C(=O)N(C)CC2. The normalized spacial score (nSPS) is 14.2. The highest BCUT2D eigenvalue weighted by molar-refractivity contribution is 6.02. The molecule has 0 aliphatic carbocycles. The Bertz CT molecular complexity index is 1030. The third-order valence-corrected chi connectivity index (χ3v) is 5.53. The second kappa shape index (κ2) is 8.25. The number of nitrogens with one attached hydrogen (secondary N) is 1. The van der Waals surface area contributed by atoms with E-state index in [4.69, 9.17) is 23.7 Å². The van der Waals surface area contributed by atoms with Gasteiger partial charge < -0.3 is 33.9 Å². The molecule has 0 bridgehead atoms. The predicted molar refractivity (Wildman–Crippen MR) is 110 cm³/mol. The molecule has 2 amide bonds. The Labute approximate surface area is 179 Å². The minimum absolute atomic E-state index is 0.0138. The Morgan fingerprint density at radius 2 is 1.77 bits per heavy atom. The van der Waals surface area contributed by atoms with Crippen LogP contribution >= 0.6 is 0 Å². The Kier molecular flexibility index (Phi) is 5.50. The lowest BCUT2D eigenvalue weighted by molar-refractivity contribution is 0.0775. The molecule has 0 radical (unpaired) electrons. The minimum Gasteiger partial charge on any atom is -0.496 e. The molecule has 0 saturated carbocycles. The molecule has 2 heterocycles. The van der Waals surface area contributed by atoms with E-state index in [-0.39, 0.29) is 25.2 Å². The van der Waals surface area contributed by atoms with Gasteiger partial charge in [-0.1, -0.05) is 6.07 Å². The smallest absolute Gasteiger partial charge is 0.259 e. The molecular formula is C22H24N2O7. The third kappa shape index (κ3) is 3.35. The molecule has 1 N–H and O–H groups in total. The lowest BCUT2D eigenvalue weighted by Crippen LogP contribution is -2.36. The third-order valence-electron chi connectivity index (χ3n) is 5.53. The summed E-state index contributed by atoms with van der Waals surface area (Å²) in [6.07, 6.45) is 0.605. The summed E-state index contributed by atoms with van der Waals surface area (Å²) in [5.41, 5.74) is 2.22. The van der Waals surface area contributed by atoms with Gasteiger partial charge >= 0.3 is 0 Å². The zero-order valence-corrected chi connectivity index (χ0v) is 17.9. The lowest BCUT2D eigenvalue weighted by Gasteiger charge is -2.29. The highest BCUT2D eigenvalue weighted by atomic mass is 16.7. The van der Waals surface area contributed by atoms with E-state index in [9.17, 15) is 9.59 Å². The van der Waals surface area contributed by atoms with Crippen molar-refractivity contribution in [2.45, 2.75) is 13.0 Å². The number of nitrogens with zero attached hydrogens (tertiary/aromatic N) is 1. The number of benzene rings is 2. The molecule has 0 saturated heterocycles. The van der Waals surface area contributed by atoms with Crippen molar-refractivity contribution in [3.05, 3.63) is 40.5 Å². The molecule has 4 rings (SSSR count). The fourth-order valence-corrected chi connectivity index (χ4v) is 4.00. The average molecular weight is 428 g/mol. The van der Waals surface area contributed by atoms with Crippen LogP contribution in [0.1, 0.15) is 31.8 Å². The summed E-state index contributed by atoms with van der Waals surface area (Å²) in [5.74, 6) is 1.50. The van der Waals surface area contributed by atoms with Crippen LogP contribution in [0.25, 0.3) is 0 Å². The number of hydrogen-bond donors (Lipinski definition) is 1. The zero-order valence-electron chi connectivity index (χ0n) is 17.9. The maximum atomic E-state index is 13.0. The van der Waals surface area contributed by atoms with Crippen molar-refractivity contribution in [3.63, 3.8) is 0 Å². The Balaban J connectivity index is 1.73. The van der Waals surface area contributed by atoms with E-state index in [0.29, 0.717) is 58.4 Å². The minimum atomic E-state index is -0.370. The summed E-state index contributed by atoms with van der Waals surface area (Å²) in [6, 6.07) is 5.13. The Morgan fingerprint density at radius 3 is 2.42 bits per heavy atom. The molecule has 0 spiro atoms. The van der Waals surface area contributed by atoms with Gasteiger partial charge in [0.25, 0.3) is 11.8 Å². The van der Waals surface area contributed by atoms with Crippen LogP contribution in [0.3, 0.4) is 0 Å². The zero-order chi connectivity index (χ0) is 22.1. The van der Waals surface area contributed by atoms with E-state index in [1.807, 2.05) is 0 Å². The van der Waals surface area contributed by atoms with Crippen molar-refractivity contribution in [1.29, 1.82) is 0 Å². The van der Waals surface area contributed by atoms with Crippen molar-refractivity contribution >= 4 is 11.8 Å². The molecule has 2 aliphatic heterocycles. The first-order chi connectivity index (χ1) is 15.0. The predicted octanol–water partition coefficient (Wildman–Crippen LogP) is 2.00. The topological polar surface area (TPSA) is 95.6 Å². The first kappa shape index (κ1) is 20.6. The second-order valence-corrected chi connectivity index (χ2v) is 7.13. The molecule has 2 aromatic carbocycles. The van der Waals surface area contributed by atoms with Crippen molar-refractivity contribution in [2.24, 2.45) is 0 Å². The van der Waals surface area contributed by atoms with Crippen LogP contribution in [0, 0.1) is 0 Å². The number of carbonyl (C=O) groups is 2. The highest BCUT2D eigenvalue weighted by Gasteiger charge is 2.36. The molecule has 31 heavy (non-hydrogen) atoms. The van der Waals surface area contributed by atoms with E-state index in [2.05, 4.69) is 5.32 Å². The Morgan fingerprint density at radius 1 is 1.10 bits per heavy atom. The summed E-state index contributed by atoms with van der Waals surface area (Å²) in [6.45, 7) is 0.699. The van der Waals surface area contributed by atoms with Crippen LogP contribution in [0.5, 0.6) is 28.7 Å². The second-order valence-electron chi connectivity index (χ2n) is 7.13. The number of carbonyl (C=O) groups excluding carboxylic acids is 2. The van der Waals surface area contributed by atoms with Gasteiger partial charge in [-0.3, -0.25) is 9.59 Å². The van der Waals surface area contributed by atoms with E-state index in [1.54, 1.807) is 30.1 Å². The van der Waals surface area contributed by atoms with Gasteiger partial charge in [-0.2, -0.15) is 0 Å². The number of hydrogen-bond acceptors (Lipinski definition) is 7. The molecule has 0 fully saturated rings. The van der Waals surface area contributed by atoms with E-state index >= 15 is 0 Å². The molecule has 0 atom stereocenters. The molecule has 0 aromatic heterocycles. The summed E-state index contributed by atoms with van der Waals surface area (Å²) in [7, 11) is 6.22. The number of methoxy groups -OCH3 is 3. The summed E-state index contributed by atoms with van der Waals surface area (Å²) >= 11 is 0. The van der Waals surface area contributed by atoms with Gasteiger partial charge in [-0.15, -0.1) is 0 Å². The van der Waals surface area contributed by atoms with Crippen molar-refractivity contribution in [1.82, 2.24) is 10.2 Å². The van der Waals surface area contributed by atoms with Gasteiger partial charge in [-0.25, -0.2) is 0 Å². The van der Waals surface area contributed by atoms with E-state index < -0.39 is 0 Å². The number of likely N-dealkylation sites (N-methyl/N-ethyl adjacent to an activating group) is 1. The fourth-order valence-electron chi connectivity index (χ4n) is 4.00. The van der Waals surface area contributed by atoms with Crippen molar-refractivity contribution in [3.8, 4) is 28.7 Å². The standard InChI is InChI=1S/C22H24N2O7/c1-24-9-8-12-13(18-20(31-11-30-18)19(29-4)16(12)22(24)26)10-23-21(25)17-14(27-2)6-5-7-15(17)28-3/h5-7H,8-11H2,1-4H3,(H,23,25). The fraction of sp³-hybridized carbons (Fsp3) is 0.364. The van der Waals surface area contributed by atoms with Gasteiger partial charge in [0, 0.05) is 25.7 Å². The monoisotopic (exact) mass is 428 g/mol. The van der Waals surface area contributed by atoms with E-state index in [1.165, 1.54) is 21.3 Å². The van der Waals surface area contributed by atoms with Crippen LogP contribution in [0.4, 0.5) is 0 Å². The van der Waals surface area contributed by atoms with Gasteiger partial charge in [-0.05, 0) is 24.1 Å². The quantitative estimate of drug-likeness (QED) is 0.752. The van der Waals surface area contributed by atoms with Gasteiger partial charge in [0.1, 0.15) is 17.1 Å². The molecule has 9 heteroatoms. The summed E-state index contributed by atoms with van der Waals surface area (Å²) < 4.78 is 27.5. The van der Waals surface area contributed by atoms with Crippen LogP contribution in [0.2, 0.25) is 0 Å². The lowest BCUT2D eigenvalue weighted by atomic mass is 9.91. The van der Waals surface area contributed by atoms with Crippen LogP contribution in [-0.4, -0.2) is 58.4 Å². The summed E-state index contributed by atoms with van der Waals surface area (Å²) in [5, 5.41) is 2.91. The molecular weight excluding hydrogens is 404 g/mol. The molecule has 2 aromatic rings. The number of amides is 2. The van der Waals surface area contributed by atoms with Crippen LogP contribution in [0.15, 0.2) is 18.2 Å². The van der Waals surface area contributed by atoms with E-state index in [0.717, 1.165) is 5.56 Å². The average Bonchev–Trinajstić information content (AvgIpc) is 3.28. The molecule has 2 aliphatic rings. The molecule has 0 unspecified atom stereocenters. The molecule has 164 valence electrons. The maximum Gasteiger partial charge on any atom is 0.259 e. The van der Waals surface area contributed by atoms with Crippen molar-refractivity contribution < 1.29 is 33.3 Å². The Hall–Kier alpha value is -3.62. The largest absolute Gasteiger partial charge is 0.496 e. The first-order valence-electron chi connectivity index (χ1n) is 9.77. The van der Waals surface area contributed by atoms with Gasteiger partial charge in [0.05, 0.1) is 26.9 Å². The maximum absolute atomic E-state index is 13.0. The number of fused-ring (bicyclic) bond motifs is 2.